The molecule has 21 heavy (non-hydrogen) atoms. The normalized spacial score (nSPS) is 28.7. The van der Waals surface area contributed by atoms with Crippen molar-refractivity contribution in [1.82, 2.24) is 15.5 Å². The first-order valence-electron chi connectivity index (χ1n) is 7.90. The van der Waals surface area contributed by atoms with Gasteiger partial charge in [-0.25, -0.2) is 0 Å². The molecule has 2 aliphatic rings. The Morgan fingerprint density at radius 3 is 2.71 bits per heavy atom. The van der Waals surface area contributed by atoms with Crippen LogP contribution in [-0.4, -0.2) is 61.8 Å². The second kappa shape index (κ2) is 8.53. The molecule has 2 N–H and O–H groups in total. The lowest BCUT2D eigenvalue weighted by Crippen LogP contribution is -2.53. The third-order valence-electron chi connectivity index (χ3n) is 4.23. The van der Waals surface area contributed by atoms with Crippen LogP contribution in [0.3, 0.4) is 0 Å². The van der Waals surface area contributed by atoms with E-state index >= 15 is 0 Å². The first-order valence-corrected chi connectivity index (χ1v) is 7.90. The molecule has 1 heterocycles. The SMILES string of the molecule is CCNC(=NCCN1CCOCC1(C)C)NC1CC1C.I. The number of hydrogen-bond donors (Lipinski definition) is 2. The molecule has 0 amide bonds. The summed E-state index contributed by atoms with van der Waals surface area (Å²) >= 11 is 0. The molecule has 1 aliphatic heterocycles. The van der Waals surface area contributed by atoms with Gasteiger partial charge in [-0.2, -0.15) is 0 Å². The molecular formula is C15H31IN4O. The van der Waals surface area contributed by atoms with Crippen LogP contribution >= 0.6 is 24.0 Å². The molecule has 2 atom stereocenters. The summed E-state index contributed by atoms with van der Waals surface area (Å²) in [6.07, 6.45) is 1.26. The first kappa shape index (κ1) is 19.0. The number of morpholine rings is 1. The molecule has 2 fully saturated rings. The van der Waals surface area contributed by atoms with E-state index in [4.69, 9.17) is 9.73 Å². The summed E-state index contributed by atoms with van der Waals surface area (Å²) in [7, 11) is 0. The van der Waals surface area contributed by atoms with Crippen LogP contribution in [0.1, 0.15) is 34.1 Å². The predicted molar refractivity (Wildman–Crippen MR) is 98.6 cm³/mol. The number of aliphatic imine (C=N–C) groups is 1. The van der Waals surface area contributed by atoms with Crippen molar-refractivity contribution in [3.63, 3.8) is 0 Å². The average molecular weight is 410 g/mol. The molecule has 1 saturated heterocycles. The number of nitrogens with zero attached hydrogens (tertiary/aromatic N) is 2. The van der Waals surface area contributed by atoms with Crippen LogP contribution in [0.25, 0.3) is 0 Å². The van der Waals surface area contributed by atoms with Gasteiger partial charge in [0.05, 0.1) is 19.8 Å². The van der Waals surface area contributed by atoms with Crippen molar-refractivity contribution in [1.29, 1.82) is 0 Å². The van der Waals surface area contributed by atoms with Crippen LogP contribution < -0.4 is 10.6 Å². The topological polar surface area (TPSA) is 48.9 Å². The molecule has 1 aliphatic carbocycles. The summed E-state index contributed by atoms with van der Waals surface area (Å²) in [5, 5.41) is 6.82. The zero-order valence-corrected chi connectivity index (χ0v) is 16.1. The van der Waals surface area contributed by atoms with Crippen LogP contribution in [0, 0.1) is 5.92 Å². The number of rotatable bonds is 5. The maximum absolute atomic E-state index is 5.55. The van der Waals surface area contributed by atoms with Crippen LogP contribution in [0.5, 0.6) is 0 Å². The molecule has 0 aromatic carbocycles. The minimum atomic E-state index is 0. The molecule has 5 nitrogen and oxygen atoms in total. The van der Waals surface area contributed by atoms with Crippen molar-refractivity contribution >= 4 is 29.9 Å². The Morgan fingerprint density at radius 2 is 2.14 bits per heavy atom. The van der Waals surface area contributed by atoms with Crippen molar-refractivity contribution in [3.8, 4) is 0 Å². The molecule has 2 unspecified atom stereocenters. The Balaban J connectivity index is 0.00000220. The van der Waals surface area contributed by atoms with Gasteiger partial charge in [-0.1, -0.05) is 6.92 Å². The lowest BCUT2D eigenvalue weighted by atomic mass is 10.0. The van der Waals surface area contributed by atoms with Gasteiger partial charge in [0.1, 0.15) is 0 Å². The second-order valence-electron chi connectivity index (χ2n) is 6.58. The monoisotopic (exact) mass is 410 g/mol. The Bertz CT molecular complexity index is 349. The van der Waals surface area contributed by atoms with E-state index in [0.717, 1.165) is 51.3 Å². The van der Waals surface area contributed by atoms with E-state index in [9.17, 15) is 0 Å². The Hall–Kier alpha value is -0.0800. The maximum Gasteiger partial charge on any atom is 0.191 e. The zero-order valence-electron chi connectivity index (χ0n) is 13.8. The molecule has 2 rings (SSSR count). The van der Waals surface area contributed by atoms with Crippen molar-refractivity contribution < 1.29 is 4.74 Å². The lowest BCUT2D eigenvalue weighted by molar-refractivity contribution is -0.0491. The predicted octanol–water partition coefficient (Wildman–Crippen LogP) is 1.68. The molecule has 0 aromatic heterocycles. The molecule has 6 heteroatoms. The highest BCUT2D eigenvalue weighted by Crippen LogP contribution is 2.28. The average Bonchev–Trinajstić information content (AvgIpc) is 3.07. The quantitative estimate of drug-likeness (QED) is 0.412. The zero-order chi connectivity index (χ0) is 14.6. The van der Waals surface area contributed by atoms with Gasteiger partial charge < -0.3 is 15.4 Å². The molecular weight excluding hydrogens is 379 g/mol. The highest BCUT2D eigenvalue weighted by atomic mass is 127. The van der Waals surface area contributed by atoms with Crippen molar-refractivity contribution in [2.24, 2.45) is 10.9 Å². The molecule has 0 radical (unpaired) electrons. The van der Waals surface area contributed by atoms with Gasteiger partial charge in [-0.15, -0.1) is 24.0 Å². The molecule has 1 saturated carbocycles. The summed E-state index contributed by atoms with van der Waals surface area (Å²) in [5.41, 5.74) is 0.130. The number of halogens is 1. The smallest absolute Gasteiger partial charge is 0.191 e. The van der Waals surface area contributed by atoms with E-state index in [0.29, 0.717) is 6.04 Å². The third-order valence-corrected chi connectivity index (χ3v) is 4.23. The van der Waals surface area contributed by atoms with Crippen LogP contribution in [-0.2, 0) is 4.74 Å². The summed E-state index contributed by atoms with van der Waals surface area (Å²) < 4.78 is 5.55. The van der Waals surface area contributed by atoms with Gasteiger partial charge in [0, 0.05) is 31.2 Å². The highest BCUT2D eigenvalue weighted by molar-refractivity contribution is 14.0. The fraction of sp³-hybridized carbons (Fsp3) is 0.933. The molecule has 0 spiro atoms. The Kier molecular flexibility index (Phi) is 7.70. The number of nitrogens with one attached hydrogen (secondary N) is 2. The number of guanidine groups is 1. The highest BCUT2D eigenvalue weighted by Gasteiger charge is 2.33. The molecule has 0 aromatic rings. The Labute approximate surface area is 146 Å². The largest absolute Gasteiger partial charge is 0.378 e. The minimum Gasteiger partial charge on any atom is -0.378 e. The maximum atomic E-state index is 5.55. The summed E-state index contributed by atoms with van der Waals surface area (Å²) in [4.78, 5) is 7.18. The number of ether oxygens (including phenoxy) is 1. The van der Waals surface area contributed by atoms with Gasteiger partial charge in [-0.05, 0) is 33.1 Å². The van der Waals surface area contributed by atoms with Crippen molar-refractivity contribution in [3.05, 3.63) is 0 Å². The Morgan fingerprint density at radius 1 is 1.43 bits per heavy atom. The van der Waals surface area contributed by atoms with Gasteiger partial charge in [0.2, 0.25) is 0 Å². The van der Waals surface area contributed by atoms with E-state index in [2.05, 4.69) is 43.2 Å². The van der Waals surface area contributed by atoms with Crippen LogP contribution in [0.2, 0.25) is 0 Å². The van der Waals surface area contributed by atoms with Gasteiger partial charge in [-0.3, -0.25) is 9.89 Å². The molecule has 0 bridgehead atoms. The van der Waals surface area contributed by atoms with Crippen LogP contribution in [0.4, 0.5) is 0 Å². The first-order chi connectivity index (χ1) is 9.53. The summed E-state index contributed by atoms with van der Waals surface area (Å²) in [5.74, 6) is 1.75. The van der Waals surface area contributed by atoms with Crippen molar-refractivity contribution in [2.75, 3.05) is 39.4 Å². The third kappa shape index (κ3) is 5.90. The van der Waals surface area contributed by atoms with Gasteiger partial charge in [0.15, 0.2) is 5.96 Å². The minimum absolute atomic E-state index is 0. The summed E-state index contributed by atoms with van der Waals surface area (Å²) in [6.45, 7) is 14.3. The van der Waals surface area contributed by atoms with E-state index in [1.807, 2.05) is 0 Å². The van der Waals surface area contributed by atoms with E-state index < -0.39 is 0 Å². The molecule has 124 valence electrons. The standard InChI is InChI=1S/C15H30N4O.HI/c1-5-16-14(18-13-10-12(13)2)17-6-7-19-8-9-20-11-15(19,3)4;/h12-13H,5-11H2,1-4H3,(H2,16,17,18);1H. The summed E-state index contributed by atoms with van der Waals surface area (Å²) in [6, 6.07) is 0.618. The second-order valence-corrected chi connectivity index (χ2v) is 6.58. The lowest BCUT2D eigenvalue weighted by Gasteiger charge is -2.41. The fourth-order valence-electron chi connectivity index (χ4n) is 2.61. The van der Waals surface area contributed by atoms with Gasteiger partial charge in [0.25, 0.3) is 0 Å². The van der Waals surface area contributed by atoms with Crippen molar-refractivity contribution in [2.45, 2.75) is 45.7 Å². The van der Waals surface area contributed by atoms with Crippen LogP contribution in [0.15, 0.2) is 4.99 Å². The van der Waals surface area contributed by atoms with Gasteiger partial charge >= 0.3 is 0 Å². The van der Waals surface area contributed by atoms with E-state index in [1.54, 1.807) is 0 Å². The van der Waals surface area contributed by atoms with E-state index in [1.165, 1.54) is 6.42 Å². The van der Waals surface area contributed by atoms with E-state index in [-0.39, 0.29) is 29.5 Å². The fourth-order valence-corrected chi connectivity index (χ4v) is 2.61. The number of hydrogen-bond acceptors (Lipinski definition) is 3.